The molecule has 0 saturated heterocycles. The molecule has 20 heavy (non-hydrogen) atoms. The summed E-state index contributed by atoms with van der Waals surface area (Å²) >= 11 is 6.18. The summed E-state index contributed by atoms with van der Waals surface area (Å²) in [5.74, 6) is 0.684. The number of halogens is 1. The summed E-state index contributed by atoms with van der Waals surface area (Å²) < 4.78 is 10.7. The van der Waals surface area contributed by atoms with E-state index >= 15 is 0 Å². The van der Waals surface area contributed by atoms with Gasteiger partial charge >= 0.3 is 0 Å². The second-order valence-electron chi connectivity index (χ2n) is 5.31. The minimum atomic E-state index is -0.738. The van der Waals surface area contributed by atoms with E-state index in [0.717, 1.165) is 12.1 Å². The molecule has 0 radical (unpaired) electrons. The minimum Gasteiger partial charge on any atom is -0.492 e. The Bertz CT molecular complexity index is 405. The summed E-state index contributed by atoms with van der Waals surface area (Å²) in [6.07, 6.45) is 0.550. The molecule has 0 aliphatic rings. The third-order valence-electron chi connectivity index (χ3n) is 2.81. The van der Waals surface area contributed by atoms with Gasteiger partial charge in [-0.2, -0.15) is 0 Å². The van der Waals surface area contributed by atoms with Crippen LogP contribution in [-0.2, 0) is 11.3 Å². The first kappa shape index (κ1) is 17.2. The van der Waals surface area contributed by atoms with Crippen LogP contribution in [0.25, 0.3) is 0 Å². The first-order chi connectivity index (χ1) is 9.44. The van der Waals surface area contributed by atoms with Gasteiger partial charge < -0.3 is 19.9 Å². The quantitative estimate of drug-likeness (QED) is 0.689. The van der Waals surface area contributed by atoms with Gasteiger partial charge in [-0.05, 0) is 19.9 Å². The van der Waals surface area contributed by atoms with Crippen molar-refractivity contribution in [2.75, 3.05) is 26.9 Å². The minimum absolute atomic E-state index is 0.429. The van der Waals surface area contributed by atoms with Crippen LogP contribution < -0.4 is 10.1 Å². The van der Waals surface area contributed by atoms with Gasteiger partial charge in [0.15, 0.2) is 0 Å². The first-order valence-electron chi connectivity index (χ1n) is 6.76. The number of hydrogen-bond acceptors (Lipinski definition) is 4. The number of rotatable bonds is 9. The van der Waals surface area contributed by atoms with Crippen molar-refractivity contribution >= 4 is 11.6 Å². The fourth-order valence-electron chi connectivity index (χ4n) is 1.65. The lowest BCUT2D eigenvalue weighted by molar-refractivity contribution is 0.0552. The first-order valence-corrected chi connectivity index (χ1v) is 7.14. The summed E-state index contributed by atoms with van der Waals surface area (Å²) in [6.45, 7) is 6.05. The third kappa shape index (κ3) is 6.57. The molecule has 0 saturated carbocycles. The molecular formula is C15H24ClNO3. The molecule has 0 fully saturated rings. The van der Waals surface area contributed by atoms with Gasteiger partial charge in [0.05, 0.1) is 23.8 Å². The lowest BCUT2D eigenvalue weighted by atomic mass is 10.1. The monoisotopic (exact) mass is 301 g/mol. The van der Waals surface area contributed by atoms with E-state index in [2.05, 4.69) is 5.32 Å². The summed E-state index contributed by atoms with van der Waals surface area (Å²) in [6, 6.07) is 5.68. The largest absolute Gasteiger partial charge is 0.492 e. The second kappa shape index (κ2) is 8.47. The van der Waals surface area contributed by atoms with Gasteiger partial charge in [-0.1, -0.05) is 23.7 Å². The van der Waals surface area contributed by atoms with Gasteiger partial charge in [0.1, 0.15) is 5.75 Å². The highest BCUT2D eigenvalue weighted by atomic mass is 35.5. The fourth-order valence-corrected chi connectivity index (χ4v) is 1.90. The van der Waals surface area contributed by atoms with Gasteiger partial charge in [-0.15, -0.1) is 0 Å². The standard InChI is InChI=1S/C15H24ClNO3/c1-15(2,18)7-9-20-14-12(5-4-6-13(14)16)11-17-8-10-19-3/h4-6,17-18H,7-11H2,1-3H3. The van der Waals surface area contributed by atoms with Crippen LogP contribution in [-0.4, -0.2) is 37.6 Å². The smallest absolute Gasteiger partial charge is 0.142 e. The maximum absolute atomic E-state index is 9.70. The van der Waals surface area contributed by atoms with Crippen LogP contribution in [0, 0.1) is 0 Å². The summed E-state index contributed by atoms with van der Waals surface area (Å²) in [5.41, 5.74) is 0.266. The maximum atomic E-state index is 9.70. The Balaban J connectivity index is 2.58. The van der Waals surface area contributed by atoms with Crippen LogP contribution in [0.1, 0.15) is 25.8 Å². The van der Waals surface area contributed by atoms with Crippen LogP contribution in [0.5, 0.6) is 5.75 Å². The van der Waals surface area contributed by atoms with Crippen molar-refractivity contribution in [2.24, 2.45) is 0 Å². The number of aliphatic hydroxyl groups is 1. The molecule has 0 aliphatic heterocycles. The Hall–Kier alpha value is -0.810. The zero-order chi connectivity index (χ0) is 15.0. The molecule has 1 aromatic carbocycles. The average Bonchev–Trinajstić information content (AvgIpc) is 2.36. The van der Waals surface area contributed by atoms with Crippen molar-refractivity contribution in [3.8, 4) is 5.75 Å². The van der Waals surface area contributed by atoms with Crippen LogP contribution >= 0.6 is 11.6 Å². The molecule has 1 aromatic rings. The van der Waals surface area contributed by atoms with Crippen molar-refractivity contribution in [3.05, 3.63) is 28.8 Å². The van der Waals surface area contributed by atoms with Gasteiger partial charge in [0, 0.05) is 32.2 Å². The Labute approximate surface area is 126 Å². The van der Waals surface area contributed by atoms with Gasteiger partial charge in [-0.25, -0.2) is 0 Å². The van der Waals surface area contributed by atoms with Crippen molar-refractivity contribution in [1.29, 1.82) is 0 Å². The van der Waals surface area contributed by atoms with E-state index in [1.54, 1.807) is 27.0 Å². The SMILES string of the molecule is COCCNCc1cccc(Cl)c1OCCC(C)(C)O. The van der Waals surface area contributed by atoms with Crippen molar-refractivity contribution in [3.63, 3.8) is 0 Å². The van der Waals surface area contributed by atoms with Gasteiger partial charge in [-0.3, -0.25) is 0 Å². The second-order valence-corrected chi connectivity index (χ2v) is 5.72. The van der Waals surface area contributed by atoms with E-state index < -0.39 is 5.60 Å². The highest BCUT2D eigenvalue weighted by molar-refractivity contribution is 6.32. The highest BCUT2D eigenvalue weighted by Gasteiger charge is 2.14. The Morgan fingerprint density at radius 3 is 2.70 bits per heavy atom. The number of benzene rings is 1. The van der Waals surface area contributed by atoms with E-state index in [4.69, 9.17) is 21.1 Å². The van der Waals surface area contributed by atoms with Crippen LogP contribution in [0.4, 0.5) is 0 Å². The van der Waals surface area contributed by atoms with Gasteiger partial charge in [0.25, 0.3) is 0 Å². The van der Waals surface area contributed by atoms with E-state index in [-0.39, 0.29) is 0 Å². The molecule has 114 valence electrons. The normalized spacial score (nSPS) is 11.7. The molecule has 0 atom stereocenters. The molecule has 0 spiro atoms. The molecule has 0 heterocycles. The van der Waals surface area contributed by atoms with Crippen molar-refractivity contribution in [2.45, 2.75) is 32.4 Å². The number of hydrogen-bond donors (Lipinski definition) is 2. The van der Waals surface area contributed by atoms with Crippen LogP contribution in [0.2, 0.25) is 5.02 Å². The molecule has 4 nitrogen and oxygen atoms in total. The Morgan fingerprint density at radius 1 is 1.30 bits per heavy atom. The zero-order valence-corrected chi connectivity index (χ0v) is 13.2. The number of methoxy groups -OCH3 is 1. The topological polar surface area (TPSA) is 50.7 Å². The fraction of sp³-hybridized carbons (Fsp3) is 0.600. The predicted octanol–water partition coefficient (Wildman–Crippen LogP) is 2.62. The summed E-state index contributed by atoms with van der Waals surface area (Å²) in [5, 5.41) is 13.5. The lowest BCUT2D eigenvalue weighted by Gasteiger charge is -2.19. The number of nitrogens with one attached hydrogen (secondary N) is 1. The van der Waals surface area contributed by atoms with Crippen LogP contribution in [0.3, 0.4) is 0 Å². The molecule has 5 heteroatoms. The average molecular weight is 302 g/mol. The van der Waals surface area contributed by atoms with Crippen LogP contribution in [0.15, 0.2) is 18.2 Å². The van der Waals surface area contributed by atoms with E-state index in [0.29, 0.717) is 37.0 Å². The highest BCUT2D eigenvalue weighted by Crippen LogP contribution is 2.29. The molecule has 1 rings (SSSR count). The Kier molecular flexibility index (Phi) is 7.30. The molecule has 2 N–H and O–H groups in total. The zero-order valence-electron chi connectivity index (χ0n) is 12.4. The molecule has 0 aliphatic carbocycles. The molecule has 0 bridgehead atoms. The predicted molar refractivity (Wildman–Crippen MR) is 81.4 cm³/mol. The van der Waals surface area contributed by atoms with E-state index in [1.807, 2.05) is 12.1 Å². The van der Waals surface area contributed by atoms with E-state index in [1.165, 1.54) is 0 Å². The molecule has 0 amide bonds. The lowest BCUT2D eigenvalue weighted by Crippen LogP contribution is -2.22. The van der Waals surface area contributed by atoms with Gasteiger partial charge in [0.2, 0.25) is 0 Å². The number of para-hydroxylation sites is 1. The van der Waals surface area contributed by atoms with Crippen molar-refractivity contribution < 1.29 is 14.6 Å². The molecule has 0 aromatic heterocycles. The van der Waals surface area contributed by atoms with E-state index in [9.17, 15) is 5.11 Å². The molecular weight excluding hydrogens is 278 g/mol. The summed E-state index contributed by atoms with van der Waals surface area (Å²) in [7, 11) is 1.67. The molecule has 0 unspecified atom stereocenters. The summed E-state index contributed by atoms with van der Waals surface area (Å²) in [4.78, 5) is 0. The van der Waals surface area contributed by atoms with Crippen molar-refractivity contribution in [1.82, 2.24) is 5.32 Å². The maximum Gasteiger partial charge on any atom is 0.142 e. The number of ether oxygens (including phenoxy) is 2. The third-order valence-corrected chi connectivity index (χ3v) is 3.10. The Morgan fingerprint density at radius 2 is 2.05 bits per heavy atom.